The van der Waals surface area contributed by atoms with Gasteiger partial charge in [-0.25, -0.2) is 0 Å². The van der Waals surface area contributed by atoms with Crippen molar-refractivity contribution >= 4 is 33.2 Å². The van der Waals surface area contributed by atoms with Gasteiger partial charge in [0.2, 0.25) is 5.91 Å². The minimum atomic E-state index is -0.0148. The van der Waals surface area contributed by atoms with E-state index in [1.165, 1.54) is 35.2 Å². The number of carbonyl (C=O) groups is 1. The maximum absolute atomic E-state index is 12.6. The number of anilines is 2. The number of halogens is 1. The van der Waals surface area contributed by atoms with E-state index in [0.29, 0.717) is 6.42 Å². The van der Waals surface area contributed by atoms with Crippen molar-refractivity contribution in [2.24, 2.45) is 5.41 Å². The standard InChI is InChI=1S/C25H33BrN2O/c1-17-14-22-21(18(2)24(17)27-23(29)15-25(3,4)5)8-6-7-13-28(22)16-19-9-11-20(26)12-10-19/h9-12,14H,6-8,13,15-16H2,1-5H3,(H,27,29). The van der Waals surface area contributed by atoms with Crippen molar-refractivity contribution in [3.8, 4) is 0 Å². The van der Waals surface area contributed by atoms with Gasteiger partial charge in [0.15, 0.2) is 0 Å². The highest BCUT2D eigenvalue weighted by atomic mass is 79.9. The van der Waals surface area contributed by atoms with Crippen LogP contribution in [0.25, 0.3) is 0 Å². The summed E-state index contributed by atoms with van der Waals surface area (Å²) in [7, 11) is 0. The van der Waals surface area contributed by atoms with Crippen LogP contribution in [0.1, 0.15) is 62.3 Å². The zero-order chi connectivity index (χ0) is 21.2. The first-order valence-corrected chi connectivity index (χ1v) is 11.4. The highest BCUT2D eigenvalue weighted by molar-refractivity contribution is 9.10. The fourth-order valence-corrected chi connectivity index (χ4v) is 4.42. The number of benzene rings is 2. The molecule has 1 amide bonds. The van der Waals surface area contributed by atoms with Gasteiger partial charge < -0.3 is 10.2 Å². The van der Waals surface area contributed by atoms with Crippen LogP contribution in [0.15, 0.2) is 34.8 Å². The molecule has 1 aliphatic heterocycles. The molecule has 29 heavy (non-hydrogen) atoms. The molecule has 0 aromatic heterocycles. The van der Waals surface area contributed by atoms with Gasteiger partial charge >= 0.3 is 0 Å². The molecule has 156 valence electrons. The van der Waals surface area contributed by atoms with Gasteiger partial charge in [0.25, 0.3) is 0 Å². The molecule has 0 unspecified atom stereocenters. The van der Waals surface area contributed by atoms with Crippen LogP contribution < -0.4 is 10.2 Å². The van der Waals surface area contributed by atoms with Crippen molar-refractivity contribution in [2.45, 2.75) is 66.8 Å². The van der Waals surface area contributed by atoms with E-state index in [1.807, 2.05) is 0 Å². The van der Waals surface area contributed by atoms with Crippen molar-refractivity contribution in [3.05, 3.63) is 57.1 Å². The molecule has 0 saturated heterocycles. The summed E-state index contributed by atoms with van der Waals surface area (Å²) in [5, 5.41) is 3.21. The lowest BCUT2D eigenvalue weighted by Crippen LogP contribution is -2.25. The van der Waals surface area contributed by atoms with E-state index in [2.05, 4.69) is 91.1 Å². The first-order valence-electron chi connectivity index (χ1n) is 10.6. The van der Waals surface area contributed by atoms with Crippen LogP contribution in [0.4, 0.5) is 11.4 Å². The van der Waals surface area contributed by atoms with Crippen molar-refractivity contribution in [2.75, 3.05) is 16.8 Å². The molecular formula is C25H33BrN2O. The summed E-state index contributed by atoms with van der Waals surface area (Å²) in [6.45, 7) is 12.6. The Hall–Kier alpha value is -1.81. The van der Waals surface area contributed by atoms with Gasteiger partial charge in [0, 0.05) is 35.4 Å². The number of hydrogen-bond donors (Lipinski definition) is 1. The summed E-state index contributed by atoms with van der Waals surface area (Å²) in [5.74, 6) is 0.101. The molecule has 2 aromatic rings. The normalized spacial score (nSPS) is 14.3. The third-order valence-electron chi connectivity index (χ3n) is 5.57. The summed E-state index contributed by atoms with van der Waals surface area (Å²) < 4.78 is 1.11. The Kier molecular flexibility index (Phi) is 6.72. The monoisotopic (exact) mass is 456 g/mol. The van der Waals surface area contributed by atoms with Gasteiger partial charge in [0.1, 0.15) is 0 Å². The Labute approximate surface area is 184 Å². The van der Waals surface area contributed by atoms with E-state index in [-0.39, 0.29) is 11.3 Å². The number of nitrogens with zero attached hydrogens (tertiary/aromatic N) is 1. The molecule has 0 fully saturated rings. The summed E-state index contributed by atoms with van der Waals surface area (Å²) in [4.78, 5) is 15.1. The van der Waals surface area contributed by atoms with Crippen LogP contribution in [0.3, 0.4) is 0 Å². The Balaban J connectivity index is 1.91. The number of amides is 1. The number of hydrogen-bond acceptors (Lipinski definition) is 2. The fraction of sp³-hybridized carbons (Fsp3) is 0.480. The third kappa shape index (κ3) is 5.63. The topological polar surface area (TPSA) is 32.3 Å². The minimum Gasteiger partial charge on any atom is -0.367 e. The second kappa shape index (κ2) is 8.91. The molecule has 0 atom stereocenters. The van der Waals surface area contributed by atoms with Gasteiger partial charge in [-0.15, -0.1) is 0 Å². The van der Waals surface area contributed by atoms with E-state index >= 15 is 0 Å². The molecule has 4 heteroatoms. The molecule has 0 spiro atoms. The predicted octanol–water partition coefficient (Wildman–Crippen LogP) is 6.78. The van der Waals surface area contributed by atoms with E-state index in [0.717, 1.165) is 35.2 Å². The lowest BCUT2D eigenvalue weighted by Gasteiger charge is -2.28. The number of aryl methyl sites for hydroxylation is 1. The van der Waals surface area contributed by atoms with Crippen LogP contribution in [0.2, 0.25) is 0 Å². The highest BCUT2D eigenvalue weighted by Gasteiger charge is 2.22. The fourth-order valence-electron chi connectivity index (χ4n) is 4.16. The molecule has 3 rings (SSSR count). The first-order chi connectivity index (χ1) is 13.6. The number of fused-ring (bicyclic) bond motifs is 1. The summed E-state index contributed by atoms with van der Waals surface area (Å²) >= 11 is 3.53. The molecule has 2 aromatic carbocycles. The maximum Gasteiger partial charge on any atom is 0.224 e. The van der Waals surface area contributed by atoms with Crippen LogP contribution in [0.5, 0.6) is 0 Å². The van der Waals surface area contributed by atoms with Crippen molar-refractivity contribution < 1.29 is 4.79 Å². The average Bonchev–Trinajstić information content (AvgIpc) is 2.82. The maximum atomic E-state index is 12.6. The molecule has 1 aliphatic rings. The Bertz CT molecular complexity index is 881. The largest absolute Gasteiger partial charge is 0.367 e. The highest BCUT2D eigenvalue weighted by Crippen LogP contribution is 2.37. The summed E-state index contributed by atoms with van der Waals surface area (Å²) in [5.41, 5.74) is 7.39. The van der Waals surface area contributed by atoms with Crippen LogP contribution in [-0.2, 0) is 17.8 Å². The Morgan fingerprint density at radius 2 is 1.83 bits per heavy atom. The van der Waals surface area contributed by atoms with E-state index in [9.17, 15) is 4.79 Å². The van der Waals surface area contributed by atoms with Gasteiger partial charge in [-0.2, -0.15) is 0 Å². The Morgan fingerprint density at radius 3 is 2.48 bits per heavy atom. The second-order valence-corrected chi connectivity index (χ2v) is 10.4. The molecule has 1 heterocycles. The van der Waals surface area contributed by atoms with Crippen molar-refractivity contribution in [1.82, 2.24) is 0 Å². The van der Waals surface area contributed by atoms with E-state index in [4.69, 9.17) is 0 Å². The number of carbonyl (C=O) groups excluding carboxylic acids is 1. The van der Waals surface area contributed by atoms with Crippen molar-refractivity contribution in [1.29, 1.82) is 0 Å². The lowest BCUT2D eigenvalue weighted by molar-refractivity contribution is -0.117. The number of rotatable bonds is 4. The van der Waals surface area contributed by atoms with E-state index < -0.39 is 0 Å². The molecule has 0 radical (unpaired) electrons. The van der Waals surface area contributed by atoms with Crippen LogP contribution in [0, 0.1) is 19.3 Å². The van der Waals surface area contributed by atoms with Crippen LogP contribution in [-0.4, -0.2) is 12.5 Å². The summed E-state index contributed by atoms with van der Waals surface area (Å²) in [6, 6.07) is 10.9. The van der Waals surface area contributed by atoms with Gasteiger partial charge in [-0.05, 0) is 79.0 Å². The second-order valence-electron chi connectivity index (χ2n) is 9.48. The summed E-state index contributed by atoms with van der Waals surface area (Å²) in [6.07, 6.45) is 3.97. The predicted molar refractivity (Wildman–Crippen MR) is 127 cm³/mol. The SMILES string of the molecule is Cc1cc2c(c(C)c1NC(=O)CC(C)(C)C)CCCCN2Cc1ccc(Br)cc1. The first kappa shape index (κ1) is 21.9. The number of nitrogens with one attached hydrogen (secondary N) is 1. The molecule has 0 bridgehead atoms. The lowest BCUT2D eigenvalue weighted by atomic mass is 9.91. The molecular weight excluding hydrogens is 424 g/mol. The van der Waals surface area contributed by atoms with Gasteiger partial charge in [-0.3, -0.25) is 4.79 Å². The molecule has 1 N–H and O–H groups in total. The third-order valence-corrected chi connectivity index (χ3v) is 6.10. The zero-order valence-electron chi connectivity index (χ0n) is 18.4. The molecule has 0 aliphatic carbocycles. The van der Waals surface area contributed by atoms with Gasteiger partial charge in [0.05, 0.1) is 0 Å². The van der Waals surface area contributed by atoms with Crippen LogP contribution >= 0.6 is 15.9 Å². The molecule has 0 saturated carbocycles. The average molecular weight is 457 g/mol. The quantitative estimate of drug-likeness (QED) is 0.549. The van der Waals surface area contributed by atoms with E-state index in [1.54, 1.807) is 0 Å². The van der Waals surface area contributed by atoms with Crippen molar-refractivity contribution in [3.63, 3.8) is 0 Å². The van der Waals surface area contributed by atoms with Gasteiger partial charge in [-0.1, -0.05) is 48.8 Å². The minimum absolute atomic E-state index is 0.0148. The molecule has 3 nitrogen and oxygen atoms in total. The Morgan fingerprint density at radius 1 is 1.14 bits per heavy atom. The smallest absolute Gasteiger partial charge is 0.224 e. The zero-order valence-corrected chi connectivity index (χ0v) is 19.9.